The van der Waals surface area contributed by atoms with Crippen LogP contribution in [0.25, 0.3) is 0 Å². The Morgan fingerprint density at radius 1 is 1.58 bits per heavy atom. The molecule has 0 aromatic rings. The Balaban J connectivity index is 3.33. The van der Waals surface area contributed by atoms with Crippen LogP contribution < -0.4 is 0 Å². The lowest BCUT2D eigenvalue weighted by molar-refractivity contribution is -0.143. The van der Waals surface area contributed by atoms with Crippen molar-refractivity contribution in [3.8, 4) is 0 Å². The van der Waals surface area contributed by atoms with Crippen molar-refractivity contribution in [3.63, 3.8) is 0 Å². The smallest absolute Gasteiger partial charge is 0.305 e. The van der Waals surface area contributed by atoms with E-state index < -0.39 is 0 Å². The highest BCUT2D eigenvalue weighted by molar-refractivity contribution is 14.1. The second-order valence-electron chi connectivity index (χ2n) is 2.45. The van der Waals surface area contributed by atoms with Gasteiger partial charge in [-0.3, -0.25) is 4.79 Å². The quantitative estimate of drug-likeness (QED) is 0.457. The third-order valence-electron chi connectivity index (χ3n) is 1.41. The minimum atomic E-state index is -0.142. The third kappa shape index (κ3) is 6.84. The molecule has 0 aliphatic rings. The number of halogens is 1. The highest BCUT2D eigenvalue weighted by Gasteiger charge is 2.07. The molecule has 0 aliphatic heterocycles. The average Bonchev–Trinajstić information content (AvgIpc) is 2.02. The van der Waals surface area contributed by atoms with Crippen LogP contribution in [0, 0.1) is 0 Å². The van der Waals surface area contributed by atoms with Crippen molar-refractivity contribution in [2.24, 2.45) is 0 Å². The van der Waals surface area contributed by atoms with Crippen molar-refractivity contribution >= 4 is 28.6 Å². The molecule has 0 aromatic heterocycles. The minimum Gasteiger partial charge on any atom is -0.466 e. The standard InChI is InChI=1S/C8H15IO3/c1-2-12-8(11)4-3-7(9)5-6-10/h7,10H,2-6H2,1H3. The molecule has 1 atom stereocenters. The molecule has 0 fully saturated rings. The molecular weight excluding hydrogens is 271 g/mol. The van der Waals surface area contributed by atoms with Crippen LogP contribution in [0.5, 0.6) is 0 Å². The monoisotopic (exact) mass is 286 g/mol. The van der Waals surface area contributed by atoms with Gasteiger partial charge in [0.25, 0.3) is 0 Å². The molecule has 0 bridgehead atoms. The van der Waals surface area contributed by atoms with Crippen molar-refractivity contribution in [2.45, 2.75) is 30.1 Å². The maximum atomic E-state index is 10.9. The zero-order chi connectivity index (χ0) is 9.40. The van der Waals surface area contributed by atoms with Gasteiger partial charge in [0.1, 0.15) is 0 Å². The number of ether oxygens (including phenoxy) is 1. The first kappa shape index (κ1) is 12.2. The van der Waals surface area contributed by atoms with E-state index in [9.17, 15) is 4.79 Å². The molecule has 0 saturated heterocycles. The van der Waals surface area contributed by atoms with Crippen LogP contribution in [0.1, 0.15) is 26.2 Å². The van der Waals surface area contributed by atoms with E-state index in [0.29, 0.717) is 17.0 Å². The number of aliphatic hydroxyl groups excluding tert-OH is 1. The lowest BCUT2D eigenvalue weighted by atomic mass is 10.2. The Morgan fingerprint density at radius 3 is 2.75 bits per heavy atom. The molecule has 0 rings (SSSR count). The van der Waals surface area contributed by atoms with Gasteiger partial charge in [0.15, 0.2) is 0 Å². The molecule has 72 valence electrons. The zero-order valence-corrected chi connectivity index (χ0v) is 9.41. The average molecular weight is 286 g/mol. The van der Waals surface area contributed by atoms with E-state index in [1.54, 1.807) is 6.92 Å². The summed E-state index contributed by atoms with van der Waals surface area (Å²) in [5, 5.41) is 8.58. The van der Waals surface area contributed by atoms with Crippen LogP contribution >= 0.6 is 22.6 Å². The number of hydrogen-bond donors (Lipinski definition) is 1. The number of rotatable bonds is 6. The van der Waals surface area contributed by atoms with Gasteiger partial charge in [0.05, 0.1) is 6.61 Å². The number of aliphatic hydroxyl groups is 1. The first-order valence-electron chi connectivity index (χ1n) is 4.11. The molecule has 1 N–H and O–H groups in total. The van der Waals surface area contributed by atoms with Crippen LogP contribution in [0.2, 0.25) is 0 Å². The molecule has 0 aliphatic carbocycles. The molecule has 0 heterocycles. The van der Waals surface area contributed by atoms with Gasteiger partial charge in [-0.25, -0.2) is 0 Å². The minimum absolute atomic E-state index is 0.142. The Hall–Kier alpha value is 0.160. The number of carbonyl (C=O) groups is 1. The van der Waals surface area contributed by atoms with E-state index in [4.69, 9.17) is 9.84 Å². The van der Waals surface area contributed by atoms with Crippen LogP contribution in [0.3, 0.4) is 0 Å². The highest BCUT2D eigenvalue weighted by Crippen LogP contribution is 2.12. The molecule has 1 unspecified atom stereocenters. The van der Waals surface area contributed by atoms with Gasteiger partial charge >= 0.3 is 5.97 Å². The summed E-state index contributed by atoms with van der Waals surface area (Å²) in [6.45, 7) is 2.44. The third-order valence-corrected chi connectivity index (χ3v) is 2.65. The van der Waals surface area contributed by atoms with E-state index in [1.165, 1.54) is 0 Å². The number of alkyl halides is 1. The van der Waals surface area contributed by atoms with Crippen LogP contribution in [-0.2, 0) is 9.53 Å². The molecule has 0 radical (unpaired) electrons. The van der Waals surface area contributed by atoms with Gasteiger partial charge in [-0.15, -0.1) is 0 Å². The lowest BCUT2D eigenvalue weighted by Gasteiger charge is -2.06. The first-order valence-corrected chi connectivity index (χ1v) is 5.35. The predicted octanol–water partition coefficient (Wildman–Crippen LogP) is 1.52. The zero-order valence-electron chi connectivity index (χ0n) is 7.25. The molecule has 0 saturated carbocycles. The van der Waals surface area contributed by atoms with E-state index in [1.807, 2.05) is 0 Å². The molecule has 0 amide bonds. The van der Waals surface area contributed by atoms with Crippen molar-refractivity contribution in [1.29, 1.82) is 0 Å². The van der Waals surface area contributed by atoms with Gasteiger partial charge < -0.3 is 9.84 Å². The maximum absolute atomic E-state index is 10.9. The summed E-state index contributed by atoms with van der Waals surface area (Å²) in [6.07, 6.45) is 2.00. The second-order valence-corrected chi connectivity index (χ2v) is 4.21. The summed E-state index contributed by atoms with van der Waals surface area (Å²) in [7, 11) is 0. The summed E-state index contributed by atoms with van der Waals surface area (Å²) in [5.74, 6) is -0.142. The van der Waals surface area contributed by atoms with Crippen molar-refractivity contribution < 1.29 is 14.6 Å². The fourth-order valence-electron chi connectivity index (χ4n) is 0.792. The van der Waals surface area contributed by atoms with Gasteiger partial charge in [-0.05, 0) is 19.8 Å². The number of esters is 1. The largest absolute Gasteiger partial charge is 0.466 e. The van der Waals surface area contributed by atoms with Gasteiger partial charge in [-0.2, -0.15) is 0 Å². The summed E-state index contributed by atoms with van der Waals surface area (Å²) >= 11 is 2.24. The molecular formula is C8H15IO3. The molecule has 4 heteroatoms. The fourth-order valence-corrected chi connectivity index (χ4v) is 1.38. The Kier molecular flexibility index (Phi) is 7.89. The summed E-state index contributed by atoms with van der Waals surface area (Å²) in [5.41, 5.74) is 0. The molecule has 0 spiro atoms. The first-order chi connectivity index (χ1) is 5.70. The molecule has 12 heavy (non-hydrogen) atoms. The summed E-state index contributed by atoms with van der Waals surface area (Å²) < 4.78 is 5.14. The highest BCUT2D eigenvalue weighted by atomic mass is 127. The molecule has 3 nitrogen and oxygen atoms in total. The van der Waals surface area contributed by atoms with Crippen molar-refractivity contribution in [1.82, 2.24) is 0 Å². The van der Waals surface area contributed by atoms with Crippen LogP contribution in [0.4, 0.5) is 0 Å². The molecule has 0 aromatic carbocycles. The number of hydrogen-bond acceptors (Lipinski definition) is 3. The Labute approximate surface area is 86.6 Å². The van der Waals surface area contributed by atoms with Gasteiger partial charge in [-0.1, -0.05) is 22.6 Å². The Bertz CT molecular complexity index is 127. The van der Waals surface area contributed by atoms with Crippen molar-refractivity contribution in [3.05, 3.63) is 0 Å². The van der Waals surface area contributed by atoms with E-state index in [-0.39, 0.29) is 12.6 Å². The lowest BCUT2D eigenvalue weighted by Crippen LogP contribution is -2.08. The SMILES string of the molecule is CCOC(=O)CCC(I)CCO. The number of carbonyl (C=O) groups excluding carboxylic acids is 1. The maximum Gasteiger partial charge on any atom is 0.305 e. The topological polar surface area (TPSA) is 46.5 Å². The summed E-state index contributed by atoms with van der Waals surface area (Å²) in [4.78, 5) is 10.9. The Morgan fingerprint density at radius 2 is 2.25 bits per heavy atom. The fraction of sp³-hybridized carbons (Fsp3) is 0.875. The van der Waals surface area contributed by atoms with E-state index in [0.717, 1.165) is 12.8 Å². The van der Waals surface area contributed by atoms with Crippen LogP contribution in [0.15, 0.2) is 0 Å². The van der Waals surface area contributed by atoms with E-state index >= 15 is 0 Å². The van der Waals surface area contributed by atoms with Crippen LogP contribution in [-0.4, -0.2) is 28.2 Å². The van der Waals surface area contributed by atoms with Gasteiger partial charge in [0, 0.05) is 17.0 Å². The van der Waals surface area contributed by atoms with Gasteiger partial charge in [0.2, 0.25) is 0 Å². The summed E-state index contributed by atoms with van der Waals surface area (Å²) in [6, 6.07) is 0. The normalized spacial score (nSPS) is 12.6. The van der Waals surface area contributed by atoms with E-state index in [2.05, 4.69) is 22.6 Å². The predicted molar refractivity (Wildman–Crippen MR) is 55.4 cm³/mol. The van der Waals surface area contributed by atoms with Crippen molar-refractivity contribution in [2.75, 3.05) is 13.2 Å². The second kappa shape index (κ2) is 7.79.